The fourth-order valence-electron chi connectivity index (χ4n) is 2.47. The lowest BCUT2D eigenvalue weighted by atomic mass is 10.0. The summed E-state index contributed by atoms with van der Waals surface area (Å²) >= 11 is 5.94. The average Bonchev–Trinajstić information content (AvgIpc) is 2.72. The molecule has 1 N–H and O–H groups in total. The van der Waals surface area contributed by atoms with Crippen LogP contribution in [0.5, 0.6) is 5.75 Å². The molecule has 1 aromatic carbocycles. The minimum atomic E-state index is -0.119. The molecule has 1 aliphatic rings. The Morgan fingerprint density at radius 2 is 2.28 bits per heavy atom. The van der Waals surface area contributed by atoms with E-state index >= 15 is 0 Å². The van der Waals surface area contributed by atoms with E-state index in [-0.39, 0.29) is 17.7 Å². The standard InChI is InChI=1S/C14H18ClNO2/c1-9-3-4-13(17)11(7-9)14(18)16-6-5-10(2)12(16)8-15/h3-4,7,10,12,17H,5-6,8H2,1-2H3. The topological polar surface area (TPSA) is 40.5 Å². The maximum Gasteiger partial charge on any atom is 0.257 e. The van der Waals surface area contributed by atoms with E-state index in [1.807, 2.05) is 6.92 Å². The molecule has 0 bridgehead atoms. The Morgan fingerprint density at radius 1 is 1.56 bits per heavy atom. The van der Waals surface area contributed by atoms with Gasteiger partial charge in [-0.05, 0) is 31.4 Å². The number of alkyl halides is 1. The van der Waals surface area contributed by atoms with E-state index in [0.717, 1.165) is 12.0 Å². The second-order valence-electron chi connectivity index (χ2n) is 5.01. The van der Waals surface area contributed by atoms with Crippen LogP contribution in [0.15, 0.2) is 18.2 Å². The molecule has 3 nitrogen and oxygen atoms in total. The van der Waals surface area contributed by atoms with E-state index in [9.17, 15) is 9.90 Å². The normalized spacial score (nSPS) is 23.4. The van der Waals surface area contributed by atoms with Gasteiger partial charge in [0.2, 0.25) is 0 Å². The summed E-state index contributed by atoms with van der Waals surface area (Å²) in [6.45, 7) is 4.73. The highest BCUT2D eigenvalue weighted by Crippen LogP contribution is 2.29. The minimum Gasteiger partial charge on any atom is -0.507 e. The molecule has 1 fully saturated rings. The number of aromatic hydroxyl groups is 1. The molecule has 0 aromatic heterocycles. The zero-order valence-electron chi connectivity index (χ0n) is 10.7. The van der Waals surface area contributed by atoms with Gasteiger partial charge in [0, 0.05) is 18.5 Å². The van der Waals surface area contributed by atoms with Crippen LogP contribution >= 0.6 is 11.6 Å². The first-order valence-electron chi connectivity index (χ1n) is 6.21. The van der Waals surface area contributed by atoms with Crippen molar-refractivity contribution in [2.24, 2.45) is 5.92 Å². The smallest absolute Gasteiger partial charge is 0.257 e. The molecular formula is C14H18ClNO2. The quantitative estimate of drug-likeness (QED) is 0.837. The summed E-state index contributed by atoms with van der Waals surface area (Å²) < 4.78 is 0. The Balaban J connectivity index is 2.28. The summed E-state index contributed by atoms with van der Waals surface area (Å²) in [7, 11) is 0. The van der Waals surface area contributed by atoms with Gasteiger partial charge in [-0.1, -0.05) is 18.6 Å². The summed E-state index contributed by atoms with van der Waals surface area (Å²) in [5.41, 5.74) is 1.34. The third-order valence-electron chi connectivity index (χ3n) is 3.68. The van der Waals surface area contributed by atoms with Gasteiger partial charge < -0.3 is 10.0 Å². The Labute approximate surface area is 112 Å². The van der Waals surface area contributed by atoms with Gasteiger partial charge in [-0.2, -0.15) is 0 Å². The molecule has 0 saturated carbocycles. The molecule has 1 aromatic rings. The van der Waals surface area contributed by atoms with Crippen LogP contribution in [0.3, 0.4) is 0 Å². The number of likely N-dealkylation sites (tertiary alicyclic amines) is 1. The summed E-state index contributed by atoms with van der Waals surface area (Å²) in [5.74, 6) is 0.780. The summed E-state index contributed by atoms with van der Waals surface area (Å²) in [6.07, 6.45) is 0.968. The maximum atomic E-state index is 12.4. The molecule has 2 unspecified atom stereocenters. The van der Waals surface area contributed by atoms with E-state index in [0.29, 0.717) is 23.9 Å². The number of carbonyl (C=O) groups excluding carboxylic acids is 1. The zero-order chi connectivity index (χ0) is 13.3. The van der Waals surface area contributed by atoms with E-state index in [1.54, 1.807) is 23.1 Å². The highest BCUT2D eigenvalue weighted by molar-refractivity contribution is 6.18. The van der Waals surface area contributed by atoms with E-state index < -0.39 is 0 Å². The summed E-state index contributed by atoms with van der Waals surface area (Å²) in [5, 5.41) is 9.81. The third-order valence-corrected chi connectivity index (χ3v) is 4.00. The lowest BCUT2D eigenvalue weighted by Crippen LogP contribution is -2.38. The SMILES string of the molecule is Cc1ccc(O)c(C(=O)N2CCC(C)C2CCl)c1. The van der Waals surface area contributed by atoms with Crippen molar-refractivity contribution in [2.45, 2.75) is 26.3 Å². The number of aryl methyl sites for hydroxylation is 1. The first-order valence-corrected chi connectivity index (χ1v) is 6.74. The van der Waals surface area contributed by atoms with Crippen LogP contribution in [0.25, 0.3) is 0 Å². The van der Waals surface area contributed by atoms with Crippen molar-refractivity contribution in [3.8, 4) is 5.75 Å². The monoisotopic (exact) mass is 267 g/mol. The molecule has 1 heterocycles. The lowest BCUT2D eigenvalue weighted by Gasteiger charge is -2.25. The van der Waals surface area contributed by atoms with E-state index in [4.69, 9.17) is 11.6 Å². The number of phenolic OH excluding ortho intramolecular Hbond substituents is 1. The van der Waals surface area contributed by atoms with Gasteiger partial charge in [-0.25, -0.2) is 0 Å². The third kappa shape index (κ3) is 2.32. The largest absolute Gasteiger partial charge is 0.507 e. The number of carbonyl (C=O) groups is 1. The minimum absolute atomic E-state index is 0.0403. The Bertz CT molecular complexity index is 461. The number of rotatable bonds is 2. The number of amides is 1. The number of phenols is 1. The van der Waals surface area contributed by atoms with E-state index in [2.05, 4.69) is 6.92 Å². The van der Waals surface area contributed by atoms with Gasteiger partial charge >= 0.3 is 0 Å². The van der Waals surface area contributed by atoms with Crippen LogP contribution in [0.4, 0.5) is 0 Å². The van der Waals surface area contributed by atoms with Gasteiger partial charge in [-0.15, -0.1) is 11.6 Å². The second-order valence-corrected chi connectivity index (χ2v) is 5.32. The molecule has 2 rings (SSSR count). The van der Waals surface area contributed by atoms with Gasteiger partial charge in [0.1, 0.15) is 5.75 Å². The zero-order valence-corrected chi connectivity index (χ0v) is 11.4. The molecule has 98 valence electrons. The average molecular weight is 268 g/mol. The van der Waals surface area contributed by atoms with Gasteiger partial charge in [0.05, 0.1) is 5.56 Å². The lowest BCUT2D eigenvalue weighted by molar-refractivity contribution is 0.0734. The highest BCUT2D eigenvalue weighted by Gasteiger charge is 2.34. The number of hydrogen-bond donors (Lipinski definition) is 1. The number of hydrogen-bond acceptors (Lipinski definition) is 2. The van der Waals surface area contributed by atoms with Crippen molar-refractivity contribution in [1.82, 2.24) is 4.90 Å². The summed E-state index contributed by atoms with van der Waals surface area (Å²) in [4.78, 5) is 14.2. The second kappa shape index (κ2) is 5.19. The molecule has 0 aliphatic carbocycles. The van der Waals surface area contributed by atoms with Crippen LogP contribution in [0, 0.1) is 12.8 Å². The van der Waals surface area contributed by atoms with Crippen molar-refractivity contribution in [2.75, 3.05) is 12.4 Å². The molecule has 1 amide bonds. The van der Waals surface area contributed by atoms with Crippen molar-refractivity contribution in [1.29, 1.82) is 0 Å². The molecule has 0 radical (unpaired) electrons. The van der Waals surface area contributed by atoms with Crippen molar-refractivity contribution < 1.29 is 9.90 Å². The molecule has 0 spiro atoms. The van der Waals surface area contributed by atoms with Crippen LogP contribution < -0.4 is 0 Å². The number of benzene rings is 1. The Hall–Kier alpha value is -1.22. The predicted molar refractivity (Wildman–Crippen MR) is 72.2 cm³/mol. The highest BCUT2D eigenvalue weighted by atomic mass is 35.5. The molecule has 1 saturated heterocycles. The van der Waals surface area contributed by atoms with Crippen molar-refractivity contribution in [3.05, 3.63) is 29.3 Å². The first-order chi connectivity index (χ1) is 8.54. The van der Waals surface area contributed by atoms with Gasteiger partial charge in [0.15, 0.2) is 0 Å². The molecule has 18 heavy (non-hydrogen) atoms. The van der Waals surface area contributed by atoms with Crippen molar-refractivity contribution >= 4 is 17.5 Å². The fraction of sp³-hybridized carbons (Fsp3) is 0.500. The van der Waals surface area contributed by atoms with Crippen LogP contribution in [0.2, 0.25) is 0 Å². The molecular weight excluding hydrogens is 250 g/mol. The van der Waals surface area contributed by atoms with E-state index in [1.165, 1.54) is 0 Å². The predicted octanol–water partition coefficient (Wildman–Crippen LogP) is 2.79. The maximum absolute atomic E-state index is 12.4. The molecule has 2 atom stereocenters. The Morgan fingerprint density at radius 3 is 2.94 bits per heavy atom. The Kier molecular flexibility index (Phi) is 3.81. The van der Waals surface area contributed by atoms with Crippen LogP contribution in [0.1, 0.15) is 29.3 Å². The van der Waals surface area contributed by atoms with Gasteiger partial charge in [0.25, 0.3) is 5.91 Å². The van der Waals surface area contributed by atoms with Crippen LogP contribution in [-0.4, -0.2) is 34.4 Å². The first kappa shape index (κ1) is 13.2. The van der Waals surface area contributed by atoms with Crippen molar-refractivity contribution in [3.63, 3.8) is 0 Å². The van der Waals surface area contributed by atoms with Gasteiger partial charge in [-0.3, -0.25) is 4.79 Å². The number of halogens is 1. The fourth-order valence-corrected chi connectivity index (χ4v) is 2.94. The molecule has 1 aliphatic heterocycles. The number of nitrogens with zero attached hydrogens (tertiary/aromatic N) is 1. The molecule has 4 heteroatoms. The van der Waals surface area contributed by atoms with Crippen LogP contribution in [-0.2, 0) is 0 Å². The summed E-state index contributed by atoms with van der Waals surface area (Å²) in [6, 6.07) is 5.15.